The summed E-state index contributed by atoms with van der Waals surface area (Å²) in [5.74, 6) is -0.998. The Hall–Kier alpha value is -3.26. The van der Waals surface area contributed by atoms with Crippen LogP contribution in [0.15, 0.2) is 69.9 Å². The molecule has 2 amide bonds. The average Bonchev–Trinajstić information content (AvgIpc) is 2.71. The van der Waals surface area contributed by atoms with E-state index < -0.39 is 11.5 Å². The molecular weight excluding hydrogens is 448 g/mol. The molecule has 7 nitrogen and oxygen atoms in total. The number of hydrogen-bond acceptors (Lipinski definition) is 4. The fourth-order valence-corrected chi connectivity index (χ4v) is 3.07. The first-order chi connectivity index (χ1) is 14.3. The molecular formula is C22H21BrN4O3. The number of benzene rings is 2. The first kappa shape index (κ1) is 21.4. The molecule has 2 aromatic carbocycles. The zero-order valence-electron chi connectivity index (χ0n) is 16.6. The molecule has 2 N–H and O–H groups in total. The van der Waals surface area contributed by atoms with Gasteiger partial charge in [-0.05, 0) is 24.3 Å². The van der Waals surface area contributed by atoms with Crippen molar-refractivity contribution in [3.63, 3.8) is 0 Å². The lowest BCUT2D eigenvalue weighted by Gasteiger charge is -2.13. The van der Waals surface area contributed by atoms with Gasteiger partial charge in [0.25, 0.3) is 5.56 Å². The Balaban J connectivity index is 1.94. The zero-order chi connectivity index (χ0) is 21.7. The van der Waals surface area contributed by atoms with Crippen LogP contribution in [0.5, 0.6) is 0 Å². The molecule has 0 spiro atoms. The number of amides is 2. The minimum absolute atomic E-state index is 0.0813. The van der Waals surface area contributed by atoms with Crippen LogP contribution in [0.1, 0.15) is 13.8 Å². The topological polar surface area (TPSA) is 93.1 Å². The van der Waals surface area contributed by atoms with Crippen molar-refractivity contribution in [2.75, 3.05) is 10.6 Å². The standard InChI is InChI=1S/C22H21BrN4O3/c1-14(2)21(29)25-19-12-18(15-7-4-3-5-8-15)26-27(22(19)30)13-20(28)24-17-10-6-9-16(23)11-17/h3-12,14H,13H2,1-2H3,(H,24,28)(H,25,29). The van der Waals surface area contributed by atoms with Crippen LogP contribution >= 0.6 is 15.9 Å². The summed E-state index contributed by atoms with van der Waals surface area (Å²) < 4.78 is 1.88. The van der Waals surface area contributed by atoms with Crippen LogP contribution in [0, 0.1) is 5.92 Å². The molecule has 0 unspecified atom stereocenters. The van der Waals surface area contributed by atoms with Gasteiger partial charge in [-0.3, -0.25) is 14.4 Å². The van der Waals surface area contributed by atoms with Gasteiger partial charge < -0.3 is 10.6 Å². The molecule has 154 valence electrons. The van der Waals surface area contributed by atoms with E-state index in [9.17, 15) is 14.4 Å². The summed E-state index contributed by atoms with van der Waals surface area (Å²) in [7, 11) is 0. The van der Waals surface area contributed by atoms with E-state index in [4.69, 9.17) is 0 Å². The van der Waals surface area contributed by atoms with Gasteiger partial charge in [-0.1, -0.05) is 66.2 Å². The Morgan fingerprint density at radius 3 is 2.43 bits per heavy atom. The average molecular weight is 469 g/mol. The number of rotatable bonds is 6. The van der Waals surface area contributed by atoms with E-state index in [-0.39, 0.29) is 24.1 Å². The summed E-state index contributed by atoms with van der Waals surface area (Å²) in [5, 5.41) is 9.72. The normalized spacial score (nSPS) is 10.7. The lowest BCUT2D eigenvalue weighted by atomic mass is 10.1. The van der Waals surface area contributed by atoms with Crippen molar-refractivity contribution in [1.29, 1.82) is 0 Å². The Kier molecular flexibility index (Phi) is 6.79. The molecule has 0 aliphatic heterocycles. The number of nitrogens with zero attached hydrogens (tertiary/aromatic N) is 2. The molecule has 8 heteroatoms. The molecule has 0 saturated heterocycles. The molecule has 0 saturated carbocycles. The van der Waals surface area contributed by atoms with Crippen molar-refractivity contribution in [2.45, 2.75) is 20.4 Å². The van der Waals surface area contributed by atoms with Crippen LogP contribution < -0.4 is 16.2 Å². The fraction of sp³-hybridized carbons (Fsp3) is 0.182. The van der Waals surface area contributed by atoms with Gasteiger partial charge in [-0.15, -0.1) is 0 Å². The van der Waals surface area contributed by atoms with Crippen molar-refractivity contribution in [1.82, 2.24) is 9.78 Å². The van der Waals surface area contributed by atoms with E-state index in [0.717, 1.165) is 14.7 Å². The smallest absolute Gasteiger partial charge is 0.291 e. The molecule has 0 aliphatic carbocycles. The summed E-state index contributed by atoms with van der Waals surface area (Å²) in [6.45, 7) is 3.17. The van der Waals surface area contributed by atoms with Crippen LogP contribution in [0.25, 0.3) is 11.3 Å². The molecule has 0 bridgehead atoms. The monoisotopic (exact) mass is 468 g/mol. The van der Waals surface area contributed by atoms with Gasteiger partial charge in [0.05, 0.1) is 5.69 Å². The summed E-state index contributed by atoms with van der Waals surface area (Å²) in [6, 6.07) is 17.9. The second kappa shape index (κ2) is 9.49. The molecule has 1 heterocycles. The van der Waals surface area contributed by atoms with Gasteiger partial charge >= 0.3 is 0 Å². The predicted octanol–water partition coefficient (Wildman–Crippen LogP) is 3.91. The van der Waals surface area contributed by atoms with Crippen molar-refractivity contribution in [3.8, 4) is 11.3 Å². The van der Waals surface area contributed by atoms with Gasteiger partial charge in [0.1, 0.15) is 12.2 Å². The maximum Gasteiger partial charge on any atom is 0.291 e. The quantitative estimate of drug-likeness (QED) is 0.573. The van der Waals surface area contributed by atoms with E-state index >= 15 is 0 Å². The number of carbonyl (C=O) groups excluding carboxylic acids is 2. The maximum atomic E-state index is 12.9. The number of anilines is 2. The summed E-state index contributed by atoms with van der Waals surface area (Å²) in [5.41, 5.74) is 1.36. The zero-order valence-corrected chi connectivity index (χ0v) is 18.1. The van der Waals surface area contributed by atoms with E-state index in [1.807, 2.05) is 36.4 Å². The Morgan fingerprint density at radius 2 is 1.77 bits per heavy atom. The molecule has 0 atom stereocenters. The minimum atomic E-state index is -0.548. The SMILES string of the molecule is CC(C)C(=O)Nc1cc(-c2ccccc2)nn(CC(=O)Nc2cccc(Br)c2)c1=O. The molecule has 0 radical (unpaired) electrons. The third-order valence-electron chi connectivity index (χ3n) is 4.23. The van der Waals surface area contributed by atoms with Crippen molar-refractivity contribution < 1.29 is 9.59 Å². The second-order valence-electron chi connectivity index (χ2n) is 6.97. The summed E-state index contributed by atoms with van der Waals surface area (Å²) >= 11 is 3.35. The van der Waals surface area contributed by atoms with Crippen molar-refractivity contribution in [2.24, 2.45) is 5.92 Å². The third-order valence-corrected chi connectivity index (χ3v) is 4.72. The van der Waals surface area contributed by atoms with Gasteiger partial charge in [-0.25, -0.2) is 4.68 Å². The number of carbonyl (C=O) groups is 2. The molecule has 1 aromatic heterocycles. The van der Waals surface area contributed by atoms with Crippen molar-refractivity contribution in [3.05, 3.63) is 75.5 Å². The number of hydrogen-bond donors (Lipinski definition) is 2. The maximum absolute atomic E-state index is 12.9. The summed E-state index contributed by atoms with van der Waals surface area (Å²) in [4.78, 5) is 37.5. The fourth-order valence-electron chi connectivity index (χ4n) is 2.67. The first-order valence-corrected chi connectivity index (χ1v) is 10.2. The van der Waals surface area contributed by atoms with E-state index in [1.165, 1.54) is 6.07 Å². The molecule has 3 rings (SSSR count). The van der Waals surface area contributed by atoms with Crippen LogP contribution in [-0.4, -0.2) is 21.6 Å². The predicted molar refractivity (Wildman–Crippen MR) is 120 cm³/mol. The van der Waals surface area contributed by atoms with Crippen LogP contribution in [-0.2, 0) is 16.1 Å². The molecule has 3 aromatic rings. The Labute approximate surface area is 182 Å². The van der Waals surface area contributed by atoms with Gasteiger partial charge in [0.15, 0.2) is 0 Å². The van der Waals surface area contributed by atoms with E-state index in [2.05, 4.69) is 31.7 Å². The van der Waals surface area contributed by atoms with E-state index in [1.54, 1.807) is 32.0 Å². The molecule has 0 aliphatic rings. The minimum Gasteiger partial charge on any atom is -0.324 e. The van der Waals surface area contributed by atoms with Gasteiger partial charge in [0, 0.05) is 21.6 Å². The number of aromatic nitrogens is 2. The first-order valence-electron chi connectivity index (χ1n) is 9.37. The van der Waals surface area contributed by atoms with Crippen LogP contribution in [0.4, 0.5) is 11.4 Å². The molecule has 0 fully saturated rings. The Bertz CT molecular complexity index is 1130. The highest BCUT2D eigenvalue weighted by molar-refractivity contribution is 9.10. The van der Waals surface area contributed by atoms with Crippen LogP contribution in [0.2, 0.25) is 0 Å². The number of halogens is 1. The van der Waals surface area contributed by atoms with Crippen molar-refractivity contribution >= 4 is 39.1 Å². The van der Waals surface area contributed by atoms with Crippen LogP contribution in [0.3, 0.4) is 0 Å². The molecule has 30 heavy (non-hydrogen) atoms. The Morgan fingerprint density at radius 1 is 1.03 bits per heavy atom. The van der Waals surface area contributed by atoms with E-state index in [0.29, 0.717) is 11.4 Å². The second-order valence-corrected chi connectivity index (χ2v) is 7.89. The number of nitrogens with one attached hydrogen (secondary N) is 2. The lowest BCUT2D eigenvalue weighted by molar-refractivity contribution is -0.119. The highest BCUT2D eigenvalue weighted by Gasteiger charge is 2.16. The third kappa shape index (κ3) is 5.42. The highest BCUT2D eigenvalue weighted by Crippen LogP contribution is 2.19. The van der Waals surface area contributed by atoms with Gasteiger partial charge in [-0.2, -0.15) is 5.10 Å². The lowest BCUT2D eigenvalue weighted by Crippen LogP contribution is -2.33. The highest BCUT2D eigenvalue weighted by atomic mass is 79.9. The summed E-state index contributed by atoms with van der Waals surface area (Å²) in [6.07, 6.45) is 0. The van der Waals surface area contributed by atoms with Gasteiger partial charge in [0.2, 0.25) is 11.8 Å². The largest absolute Gasteiger partial charge is 0.324 e.